The molecule has 0 aliphatic heterocycles. The molecule has 0 heterocycles. The van der Waals surface area contributed by atoms with Crippen molar-refractivity contribution in [2.45, 2.75) is 20.3 Å². The van der Waals surface area contributed by atoms with Crippen LogP contribution in [-0.4, -0.2) is 11.1 Å². The average Bonchev–Trinajstić information content (AvgIpc) is 2.16. The predicted molar refractivity (Wildman–Crippen MR) is 52.2 cm³/mol. The minimum atomic E-state index is -1.05. The molecule has 0 spiro atoms. The Kier molecular flexibility index (Phi) is 2.88. The molecule has 72 valence electrons. The molecule has 0 radical (unpaired) electrons. The van der Waals surface area contributed by atoms with Gasteiger partial charge >= 0.3 is 5.97 Å². The molecule has 0 bridgehead atoms. The Hall–Kier alpha value is -1.82. The lowest BCUT2D eigenvalue weighted by atomic mass is 9.96. The van der Waals surface area contributed by atoms with Crippen molar-refractivity contribution < 1.29 is 9.90 Å². The second kappa shape index (κ2) is 3.93. The highest BCUT2D eigenvalue weighted by Crippen LogP contribution is 2.18. The van der Waals surface area contributed by atoms with Crippen molar-refractivity contribution in [2.24, 2.45) is 0 Å². The normalized spacial score (nSPS) is 9.50. The summed E-state index contributed by atoms with van der Waals surface area (Å²) in [5.41, 5.74) is 2.18. The van der Waals surface area contributed by atoms with Crippen LogP contribution in [0.2, 0.25) is 0 Å². The first-order valence-electron chi connectivity index (χ1n) is 4.37. The summed E-state index contributed by atoms with van der Waals surface area (Å²) in [5.74, 6) is -1.05. The first kappa shape index (κ1) is 10.3. The molecule has 1 aromatic rings. The summed E-state index contributed by atoms with van der Waals surface area (Å²) < 4.78 is 0. The number of nitriles is 1. The average molecular weight is 189 g/mol. The molecule has 0 unspecified atom stereocenters. The fourth-order valence-electron chi connectivity index (χ4n) is 1.51. The molecular weight excluding hydrogens is 178 g/mol. The van der Waals surface area contributed by atoms with Crippen LogP contribution in [0.5, 0.6) is 0 Å². The minimum Gasteiger partial charge on any atom is -0.478 e. The van der Waals surface area contributed by atoms with Crippen LogP contribution in [0.15, 0.2) is 12.1 Å². The van der Waals surface area contributed by atoms with Crippen molar-refractivity contribution >= 4 is 5.97 Å². The van der Waals surface area contributed by atoms with Gasteiger partial charge in [-0.05, 0) is 30.5 Å². The second-order valence-electron chi connectivity index (χ2n) is 3.05. The van der Waals surface area contributed by atoms with E-state index in [1.807, 2.05) is 19.9 Å². The Balaban J connectivity index is 3.50. The SMILES string of the molecule is CCc1c(C)ccc(C(=O)O)c1C#N. The van der Waals surface area contributed by atoms with Gasteiger partial charge in [-0.3, -0.25) is 0 Å². The van der Waals surface area contributed by atoms with E-state index in [-0.39, 0.29) is 5.56 Å². The Labute approximate surface area is 82.6 Å². The van der Waals surface area contributed by atoms with Gasteiger partial charge in [0.25, 0.3) is 0 Å². The summed E-state index contributed by atoms with van der Waals surface area (Å²) in [6.07, 6.45) is 0.676. The Morgan fingerprint density at radius 1 is 1.57 bits per heavy atom. The van der Waals surface area contributed by atoms with Crippen LogP contribution in [0.25, 0.3) is 0 Å². The number of carboxylic acids is 1. The number of hydrogen-bond donors (Lipinski definition) is 1. The zero-order valence-corrected chi connectivity index (χ0v) is 8.16. The molecule has 0 saturated carbocycles. The van der Waals surface area contributed by atoms with E-state index < -0.39 is 5.97 Å². The van der Waals surface area contributed by atoms with Crippen LogP contribution in [0, 0.1) is 18.3 Å². The molecule has 14 heavy (non-hydrogen) atoms. The highest BCUT2D eigenvalue weighted by molar-refractivity contribution is 5.91. The van der Waals surface area contributed by atoms with Crippen molar-refractivity contribution in [3.8, 4) is 6.07 Å². The van der Waals surface area contributed by atoms with E-state index in [1.54, 1.807) is 6.07 Å². The van der Waals surface area contributed by atoms with Gasteiger partial charge in [-0.25, -0.2) is 4.79 Å². The Bertz CT molecular complexity index is 416. The van der Waals surface area contributed by atoms with Crippen molar-refractivity contribution in [3.63, 3.8) is 0 Å². The van der Waals surface area contributed by atoms with E-state index >= 15 is 0 Å². The highest BCUT2D eigenvalue weighted by atomic mass is 16.4. The summed E-state index contributed by atoms with van der Waals surface area (Å²) in [6.45, 7) is 3.79. The number of carboxylic acid groups (broad SMARTS) is 1. The number of hydrogen-bond acceptors (Lipinski definition) is 2. The number of rotatable bonds is 2. The number of aryl methyl sites for hydroxylation is 1. The van der Waals surface area contributed by atoms with Crippen LogP contribution in [0.1, 0.15) is 34.0 Å². The lowest BCUT2D eigenvalue weighted by Crippen LogP contribution is -2.04. The zero-order valence-electron chi connectivity index (χ0n) is 8.16. The molecule has 1 aromatic carbocycles. The third-order valence-electron chi connectivity index (χ3n) is 2.24. The van der Waals surface area contributed by atoms with Gasteiger partial charge in [-0.1, -0.05) is 13.0 Å². The summed E-state index contributed by atoms with van der Waals surface area (Å²) in [7, 11) is 0. The van der Waals surface area contributed by atoms with Gasteiger partial charge in [0, 0.05) is 0 Å². The maximum atomic E-state index is 10.8. The van der Waals surface area contributed by atoms with Gasteiger partial charge < -0.3 is 5.11 Å². The van der Waals surface area contributed by atoms with Gasteiger partial charge in [0.2, 0.25) is 0 Å². The highest BCUT2D eigenvalue weighted by Gasteiger charge is 2.14. The van der Waals surface area contributed by atoms with Crippen LogP contribution < -0.4 is 0 Å². The summed E-state index contributed by atoms with van der Waals surface area (Å²) in [6, 6.07) is 5.18. The van der Waals surface area contributed by atoms with E-state index in [9.17, 15) is 4.79 Å². The second-order valence-corrected chi connectivity index (χ2v) is 3.05. The lowest BCUT2D eigenvalue weighted by Gasteiger charge is -2.07. The van der Waals surface area contributed by atoms with Crippen molar-refractivity contribution in [1.29, 1.82) is 5.26 Å². The molecule has 0 aromatic heterocycles. The zero-order chi connectivity index (χ0) is 10.7. The molecule has 3 heteroatoms. The topological polar surface area (TPSA) is 61.1 Å². The quantitative estimate of drug-likeness (QED) is 0.775. The molecule has 1 rings (SSSR count). The van der Waals surface area contributed by atoms with E-state index in [4.69, 9.17) is 10.4 Å². The predicted octanol–water partition coefficient (Wildman–Crippen LogP) is 2.13. The van der Waals surface area contributed by atoms with Crippen molar-refractivity contribution in [1.82, 2.24) is 0 Å². The summed E-state index contributed by atoms with van der Waals surface area (Å²) in [4.78, 5) is 10.8. The Morgan fingerprint density at radius 3 is 2.64 bits per heavy atom. The van der Waals surface area contributed by atoms with Crippen LogP contribution >= 0.6 is 0 Å². The molecule has 1 N–H and O–H groups in total. The maximum Gasteiger partial charge on any atom is 0.337 e. The molecule has 0 atom stereocenters. The molecule has 0 aliphatic rings. The number of benzene rings is 1. The van der Waals surface area contributed by atoms with Crippen LogP contribution in [-0.2, 0) is 6.42 Å². The lowest BCUT2D eigenvalue weighted by molar-refractivity contribution is 0.0696. The smallest absolute Gasteiger partial charge is 0.337 e. The van der Waals surface area contributed by atoms with Gasteiger partial charge in [-0.15, -0.1) is 0 Å². The molecule has 0 aliphatic carbocycles. The molecular formula is C11H11NO2. The molecule has 3 nitrogen and oxygen atoms in total. The minimum absolute atomic E-state index is 0.0925. The van der Waals surface area contributed by atoms with E-state index in [1.165, 1.54) is 6.07 Å². The maximum absolute atomic E-state index is 10.8. The monoisotopic (exact) mass is 189 g/mol. The number of aromatic carboxylic acids is 1. The van der Waals surface area contributed by atoms with Crippen LogP contribution in [0.4, 0.5) is 0 Å². The van der Waals surface area contributed by atoms with Crippen molar-refractivity contribution in [2.75, 3.05) is 0 Å². The van der Waals surface area contributed by atoms with Gasteiger partial charge in [0.05, 0.1) is 11.1 Å². The number of nitrogens with zero attached hydrogens (tertiary/aromatic N) is 1. The fraction of sp³-hybridized carbons (Fsp3) is 0.273. The largest absolute Gasteiger partial charge is 0.478 e. The van der Waals surface area contributed by atoms with Gasteiger partial charge in [-0.2, -0.15) is 5.26 Å². The third kappa shape index (κ3) is 1.60. The summed E-state index contributed by atoms with van der Waals surface area (Å²) >= 11 is 0. The Morgan fingerprint density at radius 2 is 2.21 bits per heavy atom. The third-order valence-corrected chi connectivity index (χ3v) is 2.24. The summed E-state index contributed by atoms with van der Waals surface area (Å²) in [5, 5.41) is 17.7. The first-order valence-corrected chi connectivity index (χ1v) is 4.37. The molecule has 0 fully saturated rings. The van der Waals surface area contributed by atoms with Crippen molar-refractivity contribution in [3.05, 3.63) is 34.4 Å². The first-order chi connectivity index (χ1) is 6.61. The number of carbonyl (C=O) groups is 1. The van der Waals surface area contributed by atoms with E-state index in [2.05, 4.69) is 0 Å². The van der Waals surface area contributed by atoms with Gasteiger partial charge in [0.1, 0.15) is 6.07 Å². The van der Waals surface area contributed by atoms with E-state index in [0.717, 1.165) is 11.1 Å². The molecule has 0 amide bonds. The van der Waals surface area contributed by atoms with Crippen LogP contribution in [0.3, 0.4) is 0 Å². The standard InChI is InChI=1S/C11H11NO2/c1-3-8-7(2)4-5-9(11(13)14)10(8)6-12/h4-5H,3H2,1-2H3,(H,13,14). The van der Waals surface area contributed by atoms with E-state index in [0.29, 0.717) is 12.0 Å². The van der Waals surface area contributed by atoms with Gasteiger partial charge in [0.15, 0.2) is 0 Å². The fourth-order valence-corrected chi connectivity index (χ4v) is 1.51. The molecule has 0 saturated heterocycles.